The molecule has 2 aromatic carbocycles. The Labute approximate surface area is 124 Å². The average Bonchev–Trinajstić information content (AvgIpc) is 2.53. The van der Waals surface area contributed by atoms with Crippen molar-refractivity contribution in [2.24, 2.45) is 0 Å². The Morgan fingerprint density at radius 3 is 2.52 bits per heavy atom. The standard InChI is InChI=1S/C18H18FNO/c1-2-20(17-8-4-3-5-9-17)14-16-11-10-15(7-6-12-21)13-18(16)19/h3-5,8-11,13,21H,2,12,14H2,1H3. The van der Waals surface area contributed by atoms with Crippen LogP contribution in [0.1, 0.15) is 18.1 Å². The van der Waals surface area contributed by atoms with Gasteiger partial charge in [-0.3, -0.25) is 0 Å². The number of hydrogen-bond acceptors (Lipinski definition) is 2. The van der Waals surface area contributed by atoms with Gasteiger partial charge in [0, 0.05) is 29.9 Å². The zero-order valence-electron chi connectivity index (χ0n) is 12.0. The molecule has 0 aromatic heterocycles. The fourth-order valence-corrected chi connectivity index (χ4v) is 2.12. The first-order valence-electron chi connectivity index (χ1n) is 6.92. The van der Waals surface area contributed by atoms with Crippen LogP contribution in [0.3, 0.4) is 0 Å². The van der Waals surface area contributed by atoms with Crippen molar-refractivity contribution in [1.29, 1.82) is 0 Å². The fourth-order valence-electron chi connectivity index (χ4n) is 2.12. The van der Waals surface area contributed by atoms with E-state index in [0.29, 0.717) is 17.7 Å². The molecule has 0 radical (unpaired) electrons. The van der Waals surface area contributed by atoms with Crippen LogP contribution in [0, 0.1) is 17.7 Å². The molecule has 0 aliphatic heterocycles. The summed E-state index contributed by atoms with van der Waals surface area (Å²) in [6.07, 6.45) is 0. The van der Waals surface area contributed by atoms with Crippen molar-refractivity contribution in [1.82, 2.24) is 0 Å². The Kier molecular flexibility index (Phi) is 5.36. The number of benzene rings is 2. The molecule has 0 aliphatic rings. The maximum Gasteiger partial charge on any atom is 0.129 e. The van der Waals surface area contributed by atoms with E-state index in [4.69, 9.17) is 5.11 Å². The lowest BCUT2D eigenvalue weighted by Gasteiger charge is -2.23. The minimum Gasteiger partial charge on any atom is -0.384 e. The minimum absolute atomic E-state index is 0.221. The first-order chi connectivity index (χ1) is 10.2. The van der Waals surface area contributed by atoms with Crippen LogP contribution in [0.4, 0.5) is 10.1 Å². The molecule has 0 saturated carbocycles. The van der Waals surface area contributed by atoms with Crippen molar-refractivity contribution in [2.75, 3.05) is 18.1 Å². The highest BCUT2D eigenvalue weighted by Gasteiger charge is 2.09. The van der Waals surface area contributed by atoms with Gasteiger partial charge in [-0.2, -0.15) is 0 Å². The Morgan fingerprint density at radius 1 is 1.14 bits per heavy atom. The first kappa shape index (κ1) is 15.1. The largest absolute Gasteiger partial charge is 0.384 e. The molecule has 3 heteroatoms. The van der Waals surface area contributed by atoms with Gasteiger partial charge in [0.15, 0.2) is 0 Å². The topological polar surface area (TPSA) is 23.5 Å². The highest BCUT2D eigenvalue weighted by atomic mass is 19.1. The van der Waals surface area contributed by atoms with Gasteiger partial charge in [0.05, 0.1) is 0 Å². The summed E-state index contributed by atoms with van der Waals surface area (Å²) in [7, 11) is 0. The number of hydrogen-bond donors (Lipinski definition) is 1. The van der Waals surface area contributed by atoms with E-state index in [9.17, 15) is 4.39 Å². The Morgan fingerprint density at radius 2 is 1.90 bits per heavy atom. The van der Waals surface area contributed by atoms with Crippen LogP contribution < -0.4 is 4.90 Å². The van der Waals surface area contributed by atoms with Gasteiger partial charge in [0.1, 0.15) is 12.4 Å². The smallest absolute Gasteiger partial charge is 0.129 e. The Hall–Kier alpha value is -2.31. The molecule has 0 aliphatic carbocycles. The number of aliphatic hydroxyl groups is 1. The van der Waals surface area contributed by atoms with Gasteiger partial charge in [-0.05, 0) is 31.2 Å². The molecular formula is C18H18FNO. The van der Waals surface area contributed by atoms with Crippen LogP contribution in [-0.4, -0.2) is 18.3 Å². The zero-order chi connectivity index (χ0) is 15.1. The second-order valence-electron chi connectivity index (χ2n) is 4.62. The van der Waals surface area contributed by atoms with Crippen LogP contribution in [0.5, 0.6) is 0 Å². The second kappa shape index (κ2) is 7.47. The molecule has 0 atom stereocenters. The molecule has 108 valence electrons. The molecule has 0 amide bonds. The number of nitrogens with zero attached hydrogens (tertiary/aromatic N) is 1. The van der Waals surface area contributed by atoms with E-state index < -0.39 is 0 Å². The van der Waals surface area contributed by atoms with Crippen molar-refractivity contribution >= 4 is 5.69 Å². The minimum atomic E-state index is -0.269. The molecule has 2 aromatic rings. The van der Waals surface area contributed by atoms with E-state index in [1.807, 2.05) is 37.3 Å². The van der Waals surface area contributed by atoms with Gasteiger partial charge in [-0.15, -0.1) is 0 Å². The quantitative estimate of drug-likeness (QED) is 0.871. The van der Waals surface area contributed by atoms with E-state index in [1.165, 1.54) is 6.07 Å². The molecule has 0 spiro atoms. The predicted octanol–water partition coefficient (Wildman–Crippen LogP) is 3.20. The number of anilines is 1. The molecule has 2 nitrogen and oxygen atoms in total. The highest BCUT2D eigenvalue weighted by Crippen LogP contribution is 2.18. The first-order valence-corrected chi connectivity index (χ1v) is 6.92. The summed E-state index contributed by atoms with van der Waals surface area (Å²) < 4.78 is 14.1. The van der Waals surface area contributed by atoms with Crippen molar-refractivity contribution in [3.63, 3.8) is 0 Å². The molecule has 21 heavy (non-hydrogen) atoms. The van der Waals surface area contributed by atoms with E-state index in [-0.39, 0.29) is 12.4 Å². The summed E-state index contributed by atoms with van der Waals surface area (Å²) in [6.45, 7) is 3.14. The van der Waals surface area contributed by atoms with Crippen molar-refractivity contribution < 1.29 is 9.50 Å². The normalized spacial score (nSPS) is 9.86. The molecule has 0 unspecified atom stereocenters. The lowest BCUT2D eigenvalue weighted by atomic mass is 10.1. The van der Waals surface area contributed by atoms with Crippen LogP contribution in [-0.2, 0) is 6.54 Å². The Bertz CT molecular complexity index is 643. The van der Waals surface area contributed by atoms with Crippen LogP contribution in [0.2, 0.25) is 0 Å². The van der Waals surface area contributed by atoms with E-state index in [1.54, 1.807) is 12.1 Å². The monoisotopic (exact) mass is 283 g/mol. The third-order valence-electron chi connectivity index (χ3n) is 3.23. The molecule has 0 saturated heterocycles. The third-order valence-corrected chi connectivity index (χ3v) is 3.23. The van der Waals surface area contributed by atoms with Crippen LogP contribution >= 0.6 is 0 Å². The number of para-hydroxylation sites is 1. The molecular weight excluding hydrogens is 265 g/mol. The number of rotatable bonds is 4. The maximum atomic E-state index is 14.1. The summed E-state index contributed by atoms with van der Waals surface area (Å²) in [5, 5.41) is 8.65. The predicted molar refractivity (Wildman–Crippen MR) is 83.5 cm³/mol. The summed E-state index contributed by atoms with van der Waals surface area (Å²) in [5.74, 6) is 4.96. The SMILES string of the molecule is CCN(Cc1ccc(C#CCO)cc1F)c1ccccc1. The van der Waals surface area contributed by atoms with Crippen molar-refractivity contribution in [3.8, 4) is 11.8 Å². The molecule has 0 fully saturated rings. The lowest BCUT2D eigenvalue weighted by molar-refractivity contribution is 0.350. The van der Waals surface area contributed by atoms with Crippen LogP contribution in [0.25, 0.3) is 0 Å². The van der Waals surface area contributed by atoms with Gasteiger partial charge in [0.25, 0.3) is 0 Å². The zero-order valence-corrected chi connectivity index (χ0v) is 12.0. The van der Waals surface area contributed by atoms with Crippen molar-refractivity contribution in [3.05, 3.63) is 65.5 Å². The number of halogens is 1. The molecule has 2 rings (SSSR count). The van der Waals surface area contributed by atoms with Gasteiger partial charge >= 0.3 is 0 Å². The molecule has 1 N–H and O–H groups in total. The van der Waals surface area contributed by atoms with Gasteiger partial charge in [-0.1, -0.05) is 36.1 Å². The molecule has 0 heterocycles. The van der Waals surface area contributed by atoms with E-state index >= 15 is 0 Å². The third kappa shape index (κ3) is 4.08. The summed E-state index contributed by atoms with van der Waals surface area (Å²) in [5.41, 5.74) is 2.28. The summed E-state index contributed by atoms with van der Waals surface area (Å²) in [4.78, 5) is 2.11. The van der Waals surface area contributed by atoms with E-state index in [2.05, 4.69) is 16.7 Å². The van der Waals surface area contributed by atoms with Crippen molar-refractivity contribution in [2.45, 2.75) is 13.5 Å². The summed E-state index contributed by atoms with van der Waals surface area (Å²) >= 11 is 0. The van der Waals surface area contributed by atoms with Gasteiger partial charge < -0.3 is 10.0 Å². The average molecular weight is 283 g/mol. The fraction of sp³-hybridized carbons (Fsp3) is 0.222. The van der Waals surface area contributed by atoms with Gasteiger partial charge in [0.2, 0.25) is 0 Å². The highest BCUT2D eigenvalue weighted by molar-refractivity contribution is 5.47. The second-order valence-corrected chi connectivity index (χ2v) is 4.62. The lowest BCUT2D eigenvalue weighted by Crippen LogP contribution is -2.22. The van der Waals surface area contributed by atoms with E-state index in [0.717, 1.165) is 12.2 Å². The maximum absolute atomic E-state index is 14.1. The number of aliphatic hydroxyl groups excluding tert-OH is 1. The van der Waals surface area contributed by atoms with Gasteiger partial charge in [-0.25, -0.2) is 4.39 Å². The molecule has 0 bridgehead atoms. The summed E-state index contributed by atoms with van der Waals surface area (Å²) in [6, 6.07) is 14.9. The van der Waals surface area contributed by atoms with Crippen LogP contribution in [0.15, 0.2) is 48.5 Å². The Balaban J connectivity index is 2.18.